The first-order chi connectivity index (χ1) is 17.5. The largest absolute Gasteiger partial charge is 0.488 e. The van der Waals surface area contributed by atoms with E-state index in [0.29, 0.717) is 24.7 Å². The normalized spacial score (nSPS) is 9.39. The van der Waals surface area contributed by atoms with Crippen LogP contribution in [0, 0.1) is 12.8 Å². The third-order valence-corrected chi connectivity index (χ3v) is 4.71. The molecule has 0 aliphatic heterocycles. The number of benzene rings is 4. The van der Waals surface area contributed by atoms with Gasteiger partial charge in [-0.2, -0.15) is 0 Å². The second-order valence-corrected chi connectivity index (χ2v) is 7.15. The van der Waals surface area contributed by atoms with Crippen molar-refractivity contribution < 1.29 is 29.3 Å². The standard InChI is InChI=1S/2C14H12O3.C2H2/c2*15-14(16)12-8-4-5-9-13(12)17-10-11-6-2-1-3-7-11;1-2/h2*1-9H,10H2,(H,15,16);1-2H. The molecule has 0 aliphatic carbocycles. The van der Waals surface area contributed by atoms with Crippen LogP contribution in [0.15, 0.2) is 109 Å². The lowest BCUT2D eigenvalue weighted by atomic mass is 10.2. The molecule has 6 nitrogen and oxygen atoms in total. The zero-order chi connectivity index (χ0) is 26.2. The van der Waals surface area contributed by atoms with Crippen LogP contribution in [-0.4, -0.2) is 22.2 Å². The van der Waals surface area contributed by atoms with E-state index in [4.69, 9.17) is 19.7 Å². The summed E-state index contributed by atoms with van der Waals surface area (Å²) in [5.41, 5.74) is 2.38. The minimum absolute atomic E-state index is 0.184. The minimum Gasteiger partial charge on any atom is -0.488 e. The first-order valence-electron chi connectivity index (χ1n) is 10.9. The van der Waals surface area contributed by atoms with Gasteiger partial charge in [0.15, 0.2) is 0 Å². The number of carboxylic acid groups (broad SMARTS) is 2. The molecule has 4 rings (SSSR count). The molecule has 0 radical (unpaired) electrons. The highest BCUT2D eigenvalue weighted by Gasteiger charge is 2.10. The molecule has 0 heterocycles. The number of ether oxygens (including phenoxy) is 2. The number of aromatic carboxylic acids is 2. The SMILES string of the molecule is C#C.O=C(O)c1ccccc1OCc1ccccc1.O=C(O)c1ccccc1OCc1ccccc1. The van der Waals surface area contributed by atoms with Gasteiger partial charge in [-0.25, -0.2) is 9.59 Å². The summed E-state index contributed by atoms with van der Waals surface area (Å²) >= 11 is 0. The summed E-state index contributed by atoms with van der Waals surface area (Å²) in [6.45, 7) is 0.732. The Morgan fingerprint density at radius 3 is 1.17 bits per heavy atom. The van der Waals surface area contributed by atoms with E-state index in [1.165, 1.54) is 12.1 Å². The number of rotatable bonds is 8. The molecule has 0 bridgehead atoms. The van der Waals surface area contributed by atoms with Gasteiger partial charge in [0.1, 0.15) is 35.8 Å². The maximum Gasteiger partial charge on any atom is 0.339 e. The van der Waals surface area contributed by atoms with E-state index in [2.05, 4.69) is 12.8 Å². The van der Waals surface area contributed by atoms with E-state index in [0.717, 1.165) is 11.1 Å². The first-order valence-corrected chi connectivity index (χ1v) is 10.9. The summed E-state index contributed by atoms with van der Waals surface area (Å²) in [5.74, 6) is -1.17. The number of carbonyl (C=O) groups is 2. The highest BCUT2D eigenvalue weighted by molar-refractivity contribution is 5.91. The van der Waals surface area contributed by atoms with Crippen LogP contribution in [0.5, 0.6) is 11.5 Å². The van der Waals surface area contributed by atoms with Crippen molar-refractivity contribution in [3.05, 3.63) is 131 Å². The van der Waals surface area contributed by atoms with E-state index >= 15 is 0 Å². The summed E-state index contributed by atoms with van der Waals surface area (Å²) in [4.78, 5) is 21.9. The maximum absolute atomic E-state index is 11.0. The van der Waals surface area contributed by atoms with E-state index in [-0.39, 0.29) is 11.1 Å². The van der Waals surface area contributed by atoms with Crippen molar-refractivity contribution in [3.8, 4) is 24.3 Å². The second-order valence-electron chi connectivity index (χ2n) is 7.15. The Morgan fingerprint density at radius 2 is 0.833 bits per heavy atom. The Hall–Kier alpha value is -5.02. The highest BCUT2D eigenvalue weighted by Crippen LogP contribution is 2.20. The Labute approximate surface area is 210 Å². The molecule has 0 aliphatic rings. The fourth-order valence-electron chi connectivity index (χ4n) is 3.01. The van der Waals surface area contributed by atoms with Crippen LogP contribution in [0.25, 0.3) is 0 Å². The average Bonchev–Trinajstić information content (AvgIpc) is 2.93. The van der Waals surface area contributed by atoms with Gasteiger partial charge in [0.2, 0.25) is 0 Å². The Bertz CT molecular complexity index is 1150. The second kappa shape index (κ2) is 15.0. The van der Waals surface area contributed by atoms with Crippen LogP contribution in [-0.2, 0) is 13.2 Å². The monoisotopic (exact) mass is 482 g/mol. The molecule has 2 N–H and O–H groups in total. The molecule has 4 aromatic carbocycles. The number of hydrogen-bond acceptors (Lipinski definition) is 4. The molecule has 0 saturated heterocycles. The van der Waals surface area contributed by atoms with Crippen molar-refractivity contribution in [2.75, 3.05) is 0 Å². The van der Waals surface area contributed by atoms with E-state index in [1.54, 1.807) is 36.4 Å². The topological polar surface area (TPSA) is 93.1 Å². The van der Waals surface area contributed by atoms with Crippen molar-refractivity contribution >= 4 is 11.9 Å². The molecule has 182 valence electrons. The van der Waals surface area contributed by atoms with Crippen LogP contribution in [0.3, 0.4) is 0 Å². The zero-order valence-electron chi connectivity index (χ0n) is 19.5. The van der Waals surface area contributed by atoms with Crippen molar-refractivity contribution in [2.24, 2.45) is 0 Å². The van der Waals surface area contributed by atoms with Gasteiger partial charge in [0, 0.05) is 0 Å². The lowest BCUT2D eigenvalue weighted by Crippen LogP contribution is -2.02. The highest BCUT2D eigenvalue weighted by atomic mass is 16.5. The van der Waals surface area contributed by atoms with Crippen molar-refractivity contribution in [1.82, 2.24) is 0 Å². The van der Waals surface area contributed by atoms with E-state index in [9.17, 15) is 9.59 Å². The predicted molar refractivity (Wildman–Crippen MR) is 138 cm³/mol. The van der Waals surface area contributed by atoms with Gasteiger partial charge in [-0.05, 0) is 35.4 Å². The Kier molecular flexibility index (Phi) is 11.3. The first kappa shape index (κ1) is 27.2. The zero-order valence-corrected chi connectivity index (χ0v) is 19.5. The smallest absolute Gasteiger partial charge is 0.339 e. The number of para-hydroxylation sites is 2. The summed E-state index contributed by atoms with van der Waals surface area (Å²) in [7, 11) is 0. The van der Waals surface area contributed by atoms with E-state index < -0.39 is 11.9 Å². The van der Waals surface area contributed by atoms with Gasteiger partial charge in [0.05, 0.1) is 0 Å². The average molecular weight is 483 g/mol. The minimum atomic E-state index is -0.978. The summed E-state index contributed by atoms with van der Waals surface area (Å²) in [6.07, 6.45) is 8.00. The molecule has 0 fully saturated rings. The molecule has 6 heteroatoms. The van der Waals surface area contributed by atoms with Gasteiger partial charge >= 0.3 is 11.9 Å². The summed E-state index contributed by atoms with van der Waals surface area (Å²) in [5, 5.41) is 18.0. The van der Waals surface area contributed by atoms with Crippen molar-refractivity contribution in [3.63, 3.8) is 0 Å². The lowest BCUT2D eigenvalue weighted by molar-refractivity contribution is 0.0680. The van der Waals surface area contributed by atoms with Gasteiger partial charge in [0.25, 0.3) is 0 Å². The third kappa shape index (κ3) is 8.73. The van der Waals surface area contributed by atoms with Gasteiger partial charge in [-0.3, -0.25) is 0 Å². The molecular formula is C30H26O6. The van der Waals surface area contributed by atoms with Crippen molar-refractivity contribution in [2.45, 2.75) is 13.2 Å². The summed E-state index contributed by atoms with van der Waals surface area (Å²) in [6, 6.07) is 32.5. The van der Waals surface area contributed by atoms with E-state index in [1.807, 2.05) is 60.7 Å². The van der Waals surface area contributed by atoms with Crippen LogP contribution in [0.1, 0.15) is 31.8 Å². The van der Waals surface area contributed by atoms with Crippen molar-refractivity contribution in [1.29, 1.82) is 0 Å². The Balaban J connectivity index is 0.000000237. The molecule has 0 amide bonds. The van der Waals surface area contributed by atoms with Gasteiger partial charge < -0.3 is 19.7 Å². The number of terminal acetylenes is 1. The van der Waals surface area contributed by atoms with Crippen LogP contribution < -0.4 is 9.47 Å². The molecule has 0 spiro atoms. The fraction of sp³-hybridized carbons (Fsp3) is 0.0667. The number of hydrogen-bond donors (Lipinski definition) is 2. The molecule has 0 atom stereocenters. The molecule has 0 saturated carbocycles. The van der Waals surface area contributed by atoms with Crippen LogP contribution in [0.4, 0.5) is 0 Å². The number of carboxylic acids is 2. The quantitative estimate of drug-likeness (QED) is 0.292. The third-order valence-electron chi connectivity index (χ3n) is 4.71. The van der Waals surface area contributed by atoms with Gasteiger partial charge in [-0.15, -0.1) is 12.8 Å². The van der Waals surface area contributed by atoms with Crippen LogP contribution >= 0.6 is 0 Å². The lowest BCUT2D eigenvalue weighted by Gasteiger charge is -2.08. The summed E-state index contributed by atoms with van der Waals surface area (Å²) < 4.78 is 11.0. The Morgan fingerprint density at radius 1 is 0.528 bits per heavy atom. The molecule has 4 aromatic rings. The molecule has 36 heavy (non-hydrogen) atoms. The molecule has 0 unspecified atom stereocenters. The van der Waals surface area contributed by atoms with Crippen LogP contribution in [0.2, 0.25) is 0 Å². The predicted octanol–water partition coefficient (Wildman–Crippen LogP) is 6.18. The molecule has 0 aromatic heterocycles. The van der Waals surface area contributed by atoms with Gasteiger partial charge in [-0.1, -0.05) is 84.9 Å². The molecular weight excluding hydrogens is 456 g/mol. The maximum atomic E-state index is 11.0. The fourth-order valence-corrected chi connectivity index (χ4v) is 3.01.